The van der Waals surface area contributed by atoms with Gasteiger partial charge in [-0.15, -0.1) is 0 Å². The SMILES string of the molecule is CCC(C)NC(=O)NC(CC(C)C)C(=O)O. The minimum atomic E-state index is -0.993. The van der Waals surface area contributed by atoms with Crippen molar-refractivity contribution in [2.45, 2.75) is 52.6 Å². The van der Waals surface area contributed by atoms with E-state index in [0.717, 1.165) is 6.42 Å². The van der Waals surface area contributed by atoms with Crippen LogP contribution in [0.4, 0.5) is 4.79 Å². The topological polar surface area (TPSA) is 78.4 Å². The summed E-state index contributed by atoms with van der Waals surface area (Å²) in [6, 6.07) is -1.18. The molecule has 0 aromatic rings. The van der Waals surface area contributed by atoms with Gasteiger partial charge in [0, 0.05) is 6.04 Å². The van der Waals surface area contributed by atoms with E-state index in [1.807, 2.05) is 27.7 Å². The number of carboxylic acids is 1. The predicted molar refractivity (Wildman–Crippen MR) is 62.3 cm³/mol. The second-order valence-electron chi connectivity index (χ2n) is 4.45. The summed E-state index contributed by atoms with van der Waals surface area (Å²) in [4.78, 5) is 22.3. The molecule has 0 aromatic carbocycles. The molecule has 0 aromatic heterocycles. The molecule has 0 aliphatic heterocycles. The molecule has 0 heterocycles. The maximum absolute atomic E-state index is 11.4. The number of carboxylic acid groups (broad SMARTS) is 1. The summed E-state index contributed by atoms with van der Waals surface area (Å²) in [7, 11) is 0. The molecule has 2 atom stereocenters. The van der Waals surface area contributed by atoms with Crippen LogP contribution in [-0.2, 0) is 4.79 Å². The highest BCUT2D eigenvalue weighted by molar-refractivity contribution is 5.82. The van der Waals surface area contributed by atoms with Crippen molar-refractivity contribution in [3.05, 3.63) is 0 Å². The molecule has 0 saturated heterocycles. The molecule has 0 bridgehead atoms. The van der Waals surface area contributed by atoms with Crippen LogP contribution in [-0.4, -0.2) is 29.2 Å². The molecule has 5 heteroatoms. The maximum atomic E-state index is 11.4. The van der Waals surface area contributed by atoms with Gasteiger partial charge in [0.05, 0.1) is 0 Å². The van der Waals surface area contributed by atoms with Gasteiger partial charge in [0.1, 0.15) is 6.04 Å². The lowest BCUT2D eigenvalue weighted by Gasteiger charge is -2.18. The summed E-state index contributed by atoms with van der Waals surface area (Å²) in [6.45, 7) is 7.67. The second-order valence-corrected chi connectivity index (χ2v) is 4.45. The molecule has 94 valence electrons. The summed E-state index contributed by atoms with van der Waals surface area (Å²) >= 11 is 0. The van der Waals surface area contributed by atoms with Gasteiger partial charge in [-0.2, -0.15) is 0 Å². The number of amides is 2. The first-order valence-corrected chi connectivity index (χ1v) is 5.66. The van der Waals surface area contributed by atoms with Gasteiger partial charge in [-0.1, -0.05) is 20.8 Å². The molecule has 2 unspecified atom stereocenters. The summed E-state index contributed by atoms with van der Waals surface area (Å²) in [6.07, 6.45) is 1.25. The van der Waals surface area contributed by atoms with Crippen molar-refractivity contribution in [3.63, 3.8) is 0 Å². The van der Waals surface area contributed by atoms with E-state index in [9.17, 15) is 9.59 Å². The standard InChI is InChI=1S/C11H22N2O3/c1-5-8(4)12-11(16)13-9(10(14)15)6-7(2)3/h7-9H,5-6H2,1-4H3,(H,14,15)(H2,12,13,16). The first-order valence-electron chi connectivity index (χ1n) is 5.66. The van der Waals surface area contributed by atoms with Crippen molar-refractivity contribution in [1.29, 1.82) is 0 Å². The number of carbonyl (C=O) groups excluding carboxylic acids is 1. The molecular formula is C11H22N2O3. The molecule has 0 saturated carbocycles. The number of carbonyl (C=O) groups is 2. The van der Waals surface area contributed by atoms with Crippen molar-refractivity contribution in [3.8, 4) is 0 Å². The van der Waals surface area contributed by atoms with Crippen LogP contribution in [0.3, 0.4) is 0 Å². The number of urea groups is 1. The molecule has 0 rings (SSSR count). The first-order chi connectivity index (χ1) is 7.36. The number of hydrogen-bond acceptors (Lipinski definition) is 2. The van der Waals surface area contributed by atoms with Crippen LogP contribution in [0, 0.1) is 5.92 Å². The number of nitrogens with one attached hydrogen (secondary N) is 2. The predicted octanol–water partition coefficient (Wildman–Crippen LogP) is 1.58. The van der Waals surface area contributed by atoms with Crippen LogP contribution >= 0.6 is 0 Å². The highest BCUT2D eigenvalue weighted by Gasteiger charge is 2.21. The van der Waals surface area contributed by atoms with Gasteiger partial charge in [0.15, 0.2) is 0 Å². The molecule has 0 spiro atoms. The quantitative estimate of drug-likeness (QED) is 0.648. The van der Waals surface area contributed by atoms with Gasteiger partial charge >= 0.3 is 12.0 Å². The normalized spacial score (nSPS) is 14.3. The molecule has 0 aliphatic carbocycles. The average Bonchev–Trinajstić information content (AvgIpc) is 2.15. The van der Waals surface area contributed by atoms with Gasteiger partial charge in [-0.25, -0.2) is 9.59 Å². The van der Waals surface area contributed by atoms with Gasteiger partial charge in [-0.3, -0.25) is 0 Å². The zero-order valence-electron chi connectivity index (χ0n) is 10.4. The van der Waals surface area contributed by atoms with E-state index in [2.05, 4.69) is 10.6 Å². The summed E-state index contributed by atoms with van der Waals surface area (Å²) in [5, 5.41) is 14.1. The summed E-state index contributed by atoms with van der Waals surface area (Å²) in [5.74, 6) is -0.766. The Morgan fingerprint density at radius 3 is 2.12 bits per heavy atom. The lowest BCUT2D eigenvalue weighted by atomic mass is 10.0. The van der Waals surface area contributed by atoms with Crippen LogP contribution in [0.1, 0.15) is 40.5 Å². The van der Waals surface area contributed by atoms with E-state index < -0.39 is 18.0 Å². The fraction of sp³-hybridized carbons (Fsp3) is 0.818. The summed E-state index contributed by atoms with van der Waals surface area (Å²) in [5.41, 5.74) is 0. The Balaban J connectivity index is 4.18. The average molecular weight is 230 g/mol. The lowest BCUT2D eigenvalue weighted by molar-refractivity contribution is -0.139. The summed E-state index contributed by atoms with van der Waals surface area (Å²) < 4.78 is 0. The Labute approximate surface area is 96.6 Å². The number of hydrogen-bond donors (Lipinski definition) is 3. The van der Waals surface area contributed by atoms with Crippen LogP contribution in [0.5, 0.6) is 0 Å². The molecule has 0 radical (unpaired) electrons. The first kappa shape index (κ1) is 14.7. The molecule has 0 fully saturated rings. The van der Waals surface area contributed by atoms with Crippen molar-refractivity contribution < 1.29 is 14.7 Å². The van der Waals surface area contributed by atoms with Gasteiger partial charge in [0.2, 0.25) is 0 Å². The minimum absolute atomic E-state index is 0.0495. The largest absolute Gasteiger partial charge is 0.480 e. The third-order valence-corrected chi connectivity index (χ3v) is 2.30. The van der Waals surface area contributed by atoms with Crippen molar-refractivity contribution >= 4 is 12.0 Å². The highest BCUT2D eigenvalue weighted by Crippen LogP contribution is 2.04. The Morgan fingerprint density at radius 1 is 1.19 bits per heavy atom. The van der Waals surface area contributed by atoms with Crippen LogP contribution in [0.15, 0.2) is 0 Å². The molecule has 0 aliphatic rings. The van der Waals surface area contributed by atoms with E-state index in [-0.39, 0.29) is 12.0 Å². The van der Waals surface area contributed by atoms with Gasteiger partial charge in [0.25, 0.3) is 0 Å². The van der Waals surface area contributed by atoms with Crippen molar-refractivity contribution in [2.75, 3.05) is 0 Å². The van der Waals surface area contributed by atoms with Crippen LogP contribution < -0.4 is 10.6 Å². The Bertz CT molecular complexity index is 241. The zero-order valence-corrected chi connectivity index (χ0v) is 10.4. The molecular weight excluding hydrogens is 208 g/mol. The Kier molecular flexibility index (Phi) is 6.53. The monoisotopic (exact) mass is 230 g/mol. The third kappa shape index (κ3) is 6.27. The highest BCUT2D eigenvalue weighted by atomic mass is 16.4. The fourth-order valence-corrected chi connectivity index (χ4v) is 1.22. The van der Waals surface area contributed by atoms with Gasteiger partial charge in [-0.05, 0) is 25.7 Å². The molecule has 16 heavy (non-hydrogen) atoms. The number of rotatable bonds is 6. The van der Waals surface area contributed by atoms with E-state index in [1.165, 1.54) is 0 Å². The fourth-order valence-electron chi connectivity index (χ4n) is 1.22. The van der Waals surface area contributed by atoms with E-state index in [0.29, 0.717) is 6.42 Å². The van der Waals surface area contributed by atoms with Gasteiger partial charge < -0.3 is 15.7 Å². The zero-order chi connectivity index (χ0) is 12.7. The Hall–Kier alpha value is -1.26. The minimum Gasteiger partial charge on any atom is -0.480 e. The van der Waals surface area contributed by atoms with Crippen molar-refractivity contribution in [1.82, 2.24) is 10.6 Å². The lowest BCUT2D eigenvalue weighted by Crippen LogP contribution is -2.48. The molecule has 5 nitrogen and oxygen atoms in total. The smallest absolute Gasteiger partial charge is 0.326 e. The van der Waals surface area contributed by atoms with E-state index >= 15 is 0 Å². The number of aliphatic carboxylic acids is 1. The third-order valence-electron chi connectivity index (χ3n) is 2.30. The van der Waals surface area contributed by atoms with E-state index in [4.69, 9.17) is 5.11 Å². The van der Waals surface area contributed by atoms with E-state index in [1.54, 1.807) is 0 Å². The second kappa shape index (κ2) is 7.09. The Morgan fingerprint density at radius 2 is 1.75 bits per heavy atom. The van der Waals surface area contributed by atoms with Crippen molar-refractivity contribution in [2.24, 2.45) is 5.92 Å². The van der Waals surface area contributed by atoms with Crippen LogP contribution in [0.2, 0.25) is 0 Å². The molecule has 2 amide bonds. The molecule has 3 N–H and O–H groups in total. The van der Waals surface area contributed by atoms with Crippen LogP contribution in [0.25, 0.3) is 0 Å². The maximum Gasteiger partial charge on any atom is 0.326 e.